The van der Waals surface area contributed by atoms with E-state index in [-0.39, 0.29) is 0 Å². The number of fused-ring (bicyclic) bond motifs is 2. The molecular weight excluding hydrogens is 282 g/mol. The quantitative estimate of drug-likeness (QED) is 0.868. The molecule has 1 aromatic rings. The van der Waals surface area contributed by atoms with Crippen molar-refractivity contribution in [3.8, 4) is 0 Å². The predicted octanol–water partition coefficient (Wildman–Crippen LogP) is 3.72. The molecule has 2 fully saturated rings. The van der Waals surface area contributed by atoms with Gasteiger partial charge in [0.05, 0.1) is 5.02 Å². The summed E-state index contributed by atoms with van der Waals surface area (Å²) < 4.78 is 0. The monoisotopic (exact) mass is 307 g/mol. The number of aromatic nitrogens is 1. The van der Waals surface area contributed by atoms with Gasteiger partial charge in [-0.05, 0) is 55.2 Å². The van der Waals surface area contributed by atoms with Gasteiger partial charge in [-0.1, -0.05) is 24.9 Å². The van der Waals surface area contributed by atoms with E-state index in [1.807, 2.05) is 0 Å². The van der Waals surface area contributed by atoms with Crippen LogP contribution in [0.25, 0.3) is 0 Å². The van der Waals surface area contributed by atoms with Crippen molar-refractivity contribution in [2.24, 2.45) is 17.8 Å². The van der Waals surface area contributed by atoms with Crippen molar-refractivity contribution in [2.75, 3.05) is 25.0 Å². The fourth-order valence-electron chi connectivity index (χ4n) is 4.12. The van der Waals surface area contributed by atoms with E-state index in [1.165, 1.54) is 25.7 Å². The number of hydrogen-bond acceptors (Lipinski definition) is 3. The van der Waals surface area contributed by atoms with E-state index in [0.29, 0.717) is 0 Å². The molecule has 1 heterocycles. The van der Waals surface area contributed by atoms with Crippen LogP contribution in [-0.2, 0) is 6.54 Å². The second kappa shape index (κ2) is 6.53. The SMILES string of the molecule is CCNCc1cc(N(C)CC2CC3CCC2C3)ncc1Cl. The standard InChI is InChI=1S/C17H26ClN3/c1-3-19-9-14-8-17(20-10-16(14)18)21(2)11-15-7-12-4-5-13(15)6-12/h8,10,12-13,15,19H,3-7,9,11H2,1-2H3. The Bertz CT molecular complexity index is 491. The molecule has 3 rings (SSSR count). The summed E-state index contributed by atoms with van der Waals surface area (Å²) in [5, 5.41) is 4.09. The van der Waals surface area contributed by atoms with Crippen LogP contribution in [-0.4, -0.2) is 25.1 Å². The topological polar surface area (TPSA) is 28.2 Å². The Hall–Kier alpha value is -0.800. The molecule has 0 spiro atoms. The van der Waals surface area contributed by atoms with Crippen molar-refractivity contribution in [3.05, 3.63) is 22.8 Å². The molecule has 1 aromatic heterocycles. The third-order valence-electron chi connectivity index (χ3n) is 5.27. The Morgan fingerprint density at radius 2 is 2.24 bits per heavy atom. The van der Waals surface area contributed by atoms with Crippen LogP contribution in [0.1, 0.15) is 38.2 Å². The minimum atomic E-state index is 0.757. The van der Waals surface area contributed by atoms with Gasteiger partial charge in [0.1, 0.15) is 5.82 Å². The van der Waals surface area contributed by atoms with Crippen LogP contribution < -0.4 is 10.2 Å². The molecule has 2 aliphatic carbocycles. The average Bonchev–Trinajstić information content (AvgIpc) is 3.09. The summed E-state index contributed by atoms with van der Waals surface area (Å²) in [6.45, 7) is 5.01. The smallest absolute Gasteiger partial charge is 0.128 e. The lowest BCUT2D eigenvalue weighted by atomic mass is 9.88. The molecule has 3 unspecified atom stereocenters. The zero-order valence-electron chi connectivity index (χ0n) is 13.1. The lowest BCUT2D eigenvalue weighted by Gasteiger charge is -2.28. The summed E-state index contributed by atoms with van der Waals surface area (Å²) in [7, 11) is 2.17. The molecule has 3 nitrogen and oxygen atoms in total. The second-order valence-corrected chi connectivity index (χ2v) is 7.14. The van der Waals surface area contributed by atoms with Crippen LogP contribution in [0.5, 0.6) is 0 Å². The highest BCUT2D eigenvalue weighted by Crippen LogP contribution is 2.48. The van der Waals surface area contributed by atoms with Crippen molar-refractivity contribution < 1.29 is 0 Å². The summed E-state index contributed by atoms with van der Waals surface area (Å²) in [6.07, 6.45) is 7.60. The Morgan fingerprint density at radius 3 is 2.90 bits per heavy atom. The highest BCUT2D eigenvalue weighted by molar-refractivity contribution is 6.31. The van der Waals surface area contributed by atoms with Gasteiger partial charge in [0.25, 0.3) is 0 Å². The lowest BCUT2D eigenvalue weighted by molar-refractivity contribution is 0.337. The molecule has 0 aromatic carbocycles. The average molecular weight is 308 g/mol. The van der Waals surface area contributed by atoms with E-state index in [2.05, 4.69) is 35.2 Å². The molecule has 0 saturated heterocycles. The summed E-state index contributed by atoms with van der Waals surface area (Å²) in [4.78, 5) is 6.83. The number of hydrogen-bond donors (Lipinski definition) is 1. The number of nitrogens with zero attached hydrogens (tertiary/aromatic N) is 2. The molecule has 2 saturated carbocycles. The van der Waals surface area contributed by atoms with Crippen LogP contribution in [0.3, 0.4) is 0 Å². The molecule has 0 amide bonds. The Kier molecular flexibility index (Phi) is 4.70. The van der Waals surface area contributed by atoms with E-state index in [1.54, 1.807) is 6.20 Å². The minimum Gasteiger partial charge on any atom is -0.359 e. The minimum absolute atomic E-state index is 0.757. The van der Waals surface area contributed by atoms with Gasteiger partial charge in [0.2, 0.25) is 0 Å². The molecule has 4 heteroatoms. The van der Waals surface area contributed by atoms with Gasteiger partial charge in [-0.15, -0.1) is 0 Å². The van der Waals surface area contributed by atoms with Crippen LogP contribution >= 0.6 is 11.6 Å². The van der Waals surface area contributed by atoms with E-state index in [9.17, 15) is 0 Å². The summed E-state index contributed by atoms with van der Waals surface area (Å²) in [5.41, 5.74) is 1.14. The van der Waals surface area contributed by atoms with Gasteiger partial charge in [-0.2, -0.15) is 0 Å². The Balaban J connectivity index is 1.65. The third-order valence-corrected chi connectivity index (χ3v) is 5.61. The molecule has 0 aliphatic heterocycles. The van der Waals surface area contributed by atoms with Gasteiger partial charge in [-0.25, -0.2) is 4.98 Å². The zero-order valence-corrected chi connectivity index (χ0v) is 13.9. The molecule has 21 heavy (non-hydrogen) atoms. The van der Waals surface area contributed by atoms with Crippen LogP contribution in [0.4, 0.5) is 5.82 Å². The molecular formula is C17H26ClN3. The van der Waals surface area contributed by atoms with Crippen LogP contribution in [0, 0.1) is 17.8 Å². The van der Waals surface area contributed by atoms with Gasteiger partial charge >= 0.3 is 0 Å². The lowest BCUT2D eigenvalue weighted by Crippen LogP contribution is -2.29. The molecule has 2 aliphatic rings. The number of anilines is 1. The van der Waals surface area contributed by atoms with Crippen molar-refractivity contribution in [2.45, 2.75) is 39.2 Å². The maximum atomic E-state index is 6.24. The van der Waals surface area contributed by atoms with Crippen LogP contribution in [0.2, 0.25) is 5.02 Å². The number of halogens is 1. The summed E-state index contributed by atoms with van der Waals surface area (Å²) in [5.74, 6) is 3.89. The summed E-state index contributed by atoms with van der Waals surface area (Å²) in [6, 6.07) is 2.14. The number of pyridine rings is 1. The molecule has 1 N–H and O–H groups in total. The predicted molar refractivity (Wildman–Crippen MR) is 88.8 cm³/mol. The maximum absolute atomic E-state index is 6.24. The van der Waals surface area contributed by atoms with Gasteiger partial charge < -0.3 is 10.2 Å². The first-order valence-corrected chi connectivity index (χ1v) is 8.61. The molecule has 3 atom stereocenters. The van der Waals surface area contributed by atoms with Crippen molar-refractivity contribution in [3.63, 3.8) is 0 Å². The highest BCUT2D eigenvalue weighted by atomic mass is 35.5. The third kappa shape index (κ3) is 3.35. The molecule has 0 radical (unpaired) electrons. The first-order chi connectivity index (χ1) is 10.2. The van der Waals surface area contributed by atoms with Crippen molar-refractivity contribution in [1.29, 1.82) is 0 Å². The Labute approximate surface area is 133 Å². The van der Waals surface area contributed by atoms with E-state index < -0.39 is 0 Å². The van der Waals surface area contributed by atoms with E-state index >= 15 is 0 Å². The van der Waals surface area contributed by atoms with E-state index in [4.69, 9.17) is 11.6 Å². The first kappa shape index (κ1) is 15.1. The first-order valence-electron chi connectivity index (χ1n) is 8.23. The van der Waals surface area contributed by atoms with Gasteiger partial charge in [0, 0.05) is 26.3 Å². The fraction of sp³-hybridized carbons (Fsp3) is 0.706. The normalized spacial score (nSPS) is 27.3. The number of nitrogens with one attached hydrogen (secondary N) is 1. The van der Waals surface area contributed by atoms with Crippen LogP contribution in [0.15, 0.2) is 12.3 Å². The number of rotatable bonds is 6. The van der Waals surface area contributed by atoms with Crippen molar-refractivity contribution in [1.82, 2.24) is 10.3 Å². The molecule has 116 valence electrons. The largest absolute Gasteiger partial charge is 0.359 e. The van der Waals surface area contributed by atoms with E-state index in [0.717, 1.165) is 53.8 Å². The maximum Gasteiger partial charge on any atom is 0.128 e. The Morgan fingerprint density at radius 1 is 1.38 bits per heavy atom. The zero-order chi connectivity index (χ0) is 14.8. The van der Waals surface area contributed by atoms with Gasteiger partial charge in [-0.3, -0.25) is 0 Å². The van der Waals surface area contributed by atoms with Crippen molar-refractivity contribution >= 4 is 17.4 Å². The molecule has 2 bridgehead atoms. The summed E-state index contributed by atoms with van der Waals surface area (Å²) >= 11 is 6.24. The second-order valence-electron chi connectivity index (χ2n) is 6.73. The van der Waals surface area contributed by atoms with Gasteiger partial charge in [0.15, 0.2) is 0 Å². The fourth-order valence-corrected chi connectivity index (χ4v) is 4.29. The highest BCUT2D eigenvalue weighted by Gasteiger charge is 2.39.